The largest absolute Gasteiger partial charge is 0.374 e. The molecule has 2 amide bonds. The second-order valence-electron chi connectivity index (χ2n) is 6.20. The van der Waals surface area contributed by atoms with Crippen LogP contribution in [0.1, 0.15) is 6.92 Å². The fourth-order valence-corrected chi connectivity index (χ4v) is 3.10. The van der Waals surface area contributed by atoms with E-state index in [1.54, 1.807) is 37.3 Å². The summed E-state index contributed by atoms with van der Waals surface area (Å²) in [5.41, 5.74) is 3.07. The molecule has 4 N–H and O–H groups in total. The number of para-hydroxylation sites is 2. The van der Waals surface area contributed by atoms with E-state index < -0.39 is 6.04 Å². The number of imidazole rings is 1. The van der Waals surface area contributed by atoms with E-state index in [4.69, 9.17) is 0 Å². The molecule has 3 aromatic rings. The number of amides is 2. The van der Waals surface area contributed by atoms with Crippen molar-refractivity contribution >= 4 is 39.9 Å². The molecule has 0 fully saturated rings. The first-order valence-electron chi connectivity index (χ1n) is 8.20. The number of hydrogen-bond donors (Lipinski definition) is 4. The summed E-state index contributed by atoms with van der Waals surface area (Å²) < 4.78 is 0. The molecule has 0 saturated carbocycles. The fourth-order valence-electron chi connectivity index (χ4n) is 3.10. The zero-order chi connectivity index (χ0) is 18.3. The van der Waals surface area contributed by atoms with Gasteiger partial charge in [0.1, 0.15) is 12.6 Å². The Bertz CT molecular complexity index is 1070. The smallest absolute Gasteiger partial charge is 0.323 e. The minimum Gasteiger partial charge on any atom is -0.374 e. The maximum atomic E-state index is 12.9. The van der Waals surface area contributed by atoms with E-state index in [1.165, 1.54) is 4.90 Å². The molecule has 1 aliphatic heterocycles. The predicted octanol–water partition coefficient (Wildman–Crippen LogP) is 1.64. The number of hydrogen-bond acceptors (Lipinski definition) is 4. The molecular formula is C18H17N5O3. The number of H-pyrrole nitrogens is 2. The van der Waals surface area contributed by atoms with Gasteiger partial charge in [-0.3, -0.25) is 14.5 Å². The lowest BCUT2D eigenvalue weighted by atomic mass is 10.1. The maximum Gasteiger partial charge on any atom is 0.323 e. The van der Waals surface area contributed by atoms with Gasteiger partial charge in [0, 0.05) is 5.69 Å². The lowest BCUT2D eigenvalue weighted by molar-refractivity contribution is -0.122. The molecule has 0 spiro atoms. The van der Waals surface area contributed by atoms with Gasteiger partial charge < -0.3 is 20.6 Å². The van der Waals surface area contributed by atoms with Gasteiger partial charge in [0.2, 0.25) is 11.8 Å². The minimum atomic E-state index is -0.558. The monoisotopic (exact) mass is 351 g/mol. The molecule has 1 aliphatic rings. The summed E-state index contributed by atoms with van der Waals surface area (Å²) in [6, 6.07) is 11.9. The van der Waals surface area contributed by atoms with E-state index in [0.29, 0.717) is 28.1 Å². The average molecular weight is 351 g/mol. The highest BCUT2D eigenvalue weighted by atomic mass is 16.2. The highest BCUT2D eigenvalue weighted by molar-refractivity contribution is 6.11. The van der Waals surface area contributed by atoms with Gasteiger partial charge in [-0.25, -0.2) is 4.79 Å². The van der Waals surface area contributed by atoms with Crippen LogP contribution in [0.4, 0.5) is 17.1 Å². The van der Waals surface area contributed by atoms with Gasteiger partial charge in [0.25, 0.3) is 0 Å². The number of fused-ring (bicyclic) bond motifs is 2. The Morgan fingerprint density at radius 2 is 1.88 bits per heavy atom. The Labute approximate surface area is 148 Å². The number of carbonyl (C=O) groups is 2. The van der Waals surface area contributed by atoms with Gasteiger partial charge in [-0.05, 0) is 37.3 Å². The number of rotatable bonds is 3. The summed E-state index contributed by atoms with van der Waals surface area (Å²) >= 11 is 0. The highest BCUT2D eigenvalue weighted by Crippen LogP contribution is 2.29. The van der Waals surface area contributed by atoms with E-state index in [-0.39, 0.29) is 24.0 Å². The highest BCUT2D eigenvalue weighted by Gasteiger charge is 2.29. The van der Waals surface area contributed by atoms with Crippen molar-refractivity contribution in [3.05, 3.63) is 52.9 Å². The van der Waals surface area contributed by atoms with Crippen molar-refractivity contribution in [2.45, 2.75) is 13.0 Å². The number of anilines is 3. The minimum absolute atomic E-state index is 0.0218. The standard InChI is InChI=1S/C18H17N5O3/c1-10(19-11-6-7-12-14(8-11)22-18(26)21-12)17(25)23-9-16(24)20-13-4-2-3-5-15(13)23/h2-8,10,19H,9H2,1H3,(H,20,24)(H2,21,22,26)/t10-/m0/s1. The first-order valence-corrected chi connectivity index (χ1v) is 8.20. The summed E-state index contributed by atoms with van der Waals surface area (Å²) in [5.74, 6) is -0.439. The third-order valence-electron chi connectivity index (χ3n) is 4.31. The van der Waals surface area contributed by atoms with E-state index in [9.17, 15) is 14.4 Å². The van der Waals surface area contributed by atoms with Crippen molar-refractivity contribution in [1.29, 1.82) is 0 Å². The van der Waals surface area contributed by atoms with Crippen LogP contribution in [0.2, 0.25) is 0 Å². The Morgan fingerprint density at radius 3 is 2.73 bits per heavy atom. The molecule has 0 radical (unpaired) electrons. The van der Waals surface area contributed by atoms with E-state index >= 15 is 0 Å². The summed E-state index contributed by atoms with van der Waals surface area (Å²) in [7, 11) is 0. The molecule has 2 aromatic carbocycles. The van der Waals surface area contributed by atoms with E-state index in [1.807, 2.05) is 12.1 Å². The molecule has 132 valence electrons. The molecule has 2 heterocycles. The SMILES string of the molecule is C[C@H](Nc1ccc2[nH]c(=O)[nH]c2c1)C(=O)N1CC(=O)Nc2ccccc21. The van der Waals surface area contributed by atoms with Crippen LogP contribution < -0.4 is 21.2 Å². The van der Waals surface area contributed by atoms with Gasteiger partial charge >= 0.3 is 5.69 Å². The van der Waals surface area contributed by atoms with Crippen molar-refractivity contribution in [2.24, 2.45) is 0 Å². The van der Waals surface area contributed by atoms with Crippen LogP contribution in [0.3, 0.4) is 0 Å². The summed E-state index contributed by atoms with van der Waals surface area (Å²) in [4.78, 5) is 43.0. The number of nitrogens with one attached hydrogen (secondary N) is 4. The lowest BCUT2D eigenvalue weighted by Gasteiger charge is -2.31. The van der Waals surface area contributed by atoms with Crippen LogP contribution >= 0.6 is 0 Å². The number of aromatic nitrogens is 2. The molecule has 4 rings (SSSR count). The topological polar surface area (TPSA) is 110 Å². The first-order chi connectivity index (χ1) is 12.5. The molecule has 1 aromatic heterocycles. The molecular weight excluding hydrogens is 334 g/mol. The molecule has 1 atom stereocenters. The van der Waals surface area contributed by atoms with Gasteiger partial charge in [0.05, 0.1) is 22.4 Å². The fraction of sp³-hybridized carbons (Fsp3) is 0.167. The van der Waals surface area contributed by atoms with Crippen molar-refractivity contribution in [1.82, 2.24) is 9.97 Å². The third-order valence-corrected chi connectivity index (χ3v) is 4.31. The van der Waals surface area contributed by atoms with Gasteiger partial charge in [-0.2, -0.15) is 0 Å². The average Bonchev–Trinajstić information content (AvgIpc) is 2.99. The zero-order valence-corrected chi connectivity index (χ0v) is 14.0. The van der Waals surface area contributed by atoms with Crippen LogP contribution in [-0.4, -0.2) is 34.4 Å². The quantitative estimate of drug-likeness (QED) is 0.575. The summed E-state index contributed by atoms with van der Waals surface area (Å²) in [6.45, 7) is 1.72. The zero-order valence-electron chi connectivity index (χ0n) is 14.0. The number of benzene rings is 2. The molecule has 8 nitrogen and oxygen atoms in total. The second kappa shape index (κ2) is 6.07. The summed E-state index contributed by atoms with van der Waals surface area (Å²) in [5, 5.41) is 5.89. The molecule has 26 heavy (non-hydrogen) atoms. The first kappa shape index (κ1) is 15.9. The van der Waals surface area contributed by atoms with Gasteiger partial charge in [0.15, 0.2) is 0 Å². The normalized spacial score (nSPS) is 14.7. The lowest BCUT2D eigenvalue weighted by Crippen LogP contribution is -2.47. The Morgan fingerprint density at radius 1 is 1.12 bits per heavy atom. The number of carbonyl (C=O) groups excluding carboxylic acids is 2. The van der Waals surface area contributed by atoms with Gasteiger partial charge in [-0.15, -0.1) is 0 Å². The predicted molar refractivity (Wildman–Crippen MR) is 99.4 cm³/mol. The second-order valence-corrected chi connectivity index (χ2v) is 6.20. The Balaban J connectivity index is 1.57. The van der Waals surface area contributed by atoms with Crippen molar-refractivity contribution in [3.8, 4) is 0 Å². The molecule has 0 aliphatic carbocycles. The maximum absolute atomic E-state index is 12.9. The number of nitrogens with zero attached hydrogens (tertiary/aromatic N) is 1. The van der Waals surface area contributed by atoms with Crippen LogP contribution in [0.25, 0.3) is 11.0 Å². The molecule has 0 bridgehead atoms. The molecule has 0 saturated heterocycles. The van der Waals surface area contributed by atoms with Crippen LogP contribution in [0.5, 0.6) is 0 Å². The van der Waals surface area contributed by atoms with Crippen LogP contribution in [-0.2, 0) is 9.59 Å². The molecule has 0 unspecified atom stereocenters. The van der Waals surface area contributed by atoms with E-state index in [2.05, 4.69) is 20.6 Å². The Kier molecular flexibility index (Phi) is 3.72. The van der Waals surface area contributed by atoms with E-state index in [0.717, 1.165) is 0 Å². The van der Waals surface area contributed by atoms with Gasteiger partial charge in [-0.1, -0.05) is 12.1 Å². The van der Waals surface area contributed by atoms with Crippen LogP contribution in [0, 0.1) is 0 Å². The van der Waals surface area contributed by atoms with Crippen molar-refractivity contribution in [3.63, 3.8) is 0 Å². The third kappa shape index (κ3) is 2.81. The van der Waals surface area contributed by atoms with Crippen molar-refractivity contribution in [2.75, 3.05) is 22.1 Å². The van der Waals surface area contributed by atoms with Crippen molar-refractivity contribution < 1.29 is 9.59 Å². The van der Waals surface area contributed by atoms with Crippen LogP contribution in [0.15, 0.2) is 47.3 Å². The molecule has 8 heteroatoms. The Hall–Kier alpha value is -3.55. The number of aromatic amines is 2. The summed E-state index contributed by atoms with van der Waals surface area (Å²) in [6.07, 6.45) is 0.